The summed E-state index contributed by atoms with van der Waals surface area (Å²) in [5.41, 5.74) is 3.29. The molecule has 0 saturated carbocycles. The summed E-state index contributed by atoms with van der Waals surface area (Å²) in [5, 5.41) is 7.69. The zero-order chi connectivity index (χ0) is 15.2. The second-order valence-corrected chi connectivity index (χ2v) is 6.08. The number of nitrogens with one attached hydrogen (secondary N) is 2. The molecule has 7 heteroatoms. The maximum atomic E-state index is 4.43. The van der Waals surface area contributed by atoms with Crippen LogP contribution in [0, 0.1) is 20.8 Å². The number of pyridine rings is 1. The van der Waals surface area contributed by atoms with Gasteiger partial charge in [-0.15, -0.1) is 35.3 Å². The van der Waals surface area contributed by atoms with E-state index in [1.165, 1.54) is 10.4 Å². The first kappa shape index (κ1) is 18.8. The van der Waals surface area contributed by atoms with Crippen LogP contribution < -0.4 is 10.6 Å². The molecule has 0 fully saturated rings. The van der Waals surface area contributed by atoms with E-state index < -0.39 is 0 Å². The fourth-order valence-electron chi connectivity index (χ4n) is 1.99. The van der Waals surface area contributed by atoms with Crippen LogP contribution in [0.2, 0.25) is 0 Å². The molecule has 2 N–H and O–H groups in total. The van der Waals surface area contributed by atoms with Gasteiger partial charge in [-0.1, -0.05) is 6.07 Å². The smallest absolute Gasteiger partial charge is 0.191 e. The van der Waals surface area contributed by atoms with E-state index in [0.717, 1.165) is 28.9 Å². The molecule has 5 nitrogen and oxygen atoms in total. The van der Waals surface area contributed by atoms with E-state index in [0.29, 0.717) is 6.54 Å². The second-order valence-electron chi connectivity index (χ2n) is 4.79. The molecule has 0 aliphatic carbocycles. The molecule has 2 aromatic rings. The standard InChI is InChI=1S/C15H21N5S.HI/c1-10-6-5-7-17-13(10)8-18-15(16-4)19-9-14-11(2)20-12(3)21-14;/h5-7H,8-9H2,1-4H3,(H2,16,18,19);1H. The van der Waals surface area contributed by atoms with Crippen LogP contribution in [0.4, 0.5) is 0 Å². The minimum atomic E-state index is 0. The third-order valence-electron chi connectivity index (χ3n) is 3.18. The first-order chi connectivity index (χ1) is 10.1. The highest BCUT2D eigenvalue weighted by atomic mass is 127. The zero-order valence-corrected chi connectivity index (χ0v) is 16.5. The average molecular weight is 431 g/mol. The van der Waals surface area contributed by atoms with E-state index in [-0.39, 0.29) is 24.0 Å². The average Bonchev–Trinajstić information content (AvgIpc) is 2.79. The molecule has 2 heterocycles. The van der Waals surface area contributed by atoms with Crippen LogP contribution in [0.1, 0.15) is 26.8 Å². The molecule has 0 bridgehead atoms. The van der Waals surface area contributed by atoms with Gasteiger partial charge in [0.15, 0.2) is 5.96 Å². The zero-order valence-electron chi connectivity index (χ0n) is 13.3. The highest BCUT2D eigenvalue weighted by molar-refractivity contribution is 14.0. The van der Waals surface area contributed by atoms with Crippen molar-refractivity contribution >= 4 is 41.3 Å². The van der Waals surface area contributed by atoms with Gasteiger partial charge >= 0.3 is 0 Å². The van der Waals surface area contributed by atoms with E-state index >= 15 is 0 Å². The molecule has 0 radical (unpaired) electrons. The lowest BCUT2D eigenvalue weighted by Gasteiger charge is -2.12. The van der Waals surface area contributed by atoms with Gasteiger partial charge in [-0.3, -0.25) is 9.98 Å². The fourth-order valence-corrected chi connectivity index (χ4v) is 2.87. The number of rotatable bonds is 4. The highest BCUT2D eigenvalue weighted by Crippen LogP contribution is 2.16. The molecule has 2 aromatic heterocycles. The second kappa shape index (κ2) is 9.04. The van der Waals surface area contributed by atoms with Crippen molar-refractivity contribution in [3.63, 3.8) is 0 Å². The van der Waals surface area contributed by atoms with E-state index in [1.54, 1.807) is 18.4 Å². The van der Waals surface area contributed by atoms with Crippen LogP contribution in [0.25, 0.3) is 0 Å². The summed E-state index contributed by atoms with van der Waals surface area (Å²) in [7, 11) is 1.77. The lowest BCUT2D eigenvalue weighted by Crippen LogP contribution is -2.36. The molecule has 0 amide bonds. The lowest BCUT2D eigenvalue weighted by molar-refractivity contribution is 0.791. The number of aromatic nitrogens is 2. The number of aliphatic imine (C=N–C) groups is 1. The van der Waals surface area contributed by atoms with E-state index in [1.807, 2.05) is 26.1 Å². The maximum absolute atomic E-state index is 4.43. The predicted molar refractivity (Wildman–Crippen MR) is 103 cm³/mol. The summed E-state index contributed by atoms with van der Waals surface area (Å²) >= 11 is 1.72. The molecule has 0 aromatic carbocycles. The van der Waals surface area contributed by atoms with Crippen molar-refractivity contribution in [1.29, 1.82) is 0 Å². The molecule has 120 valence electrons. The predicted octanol–water partition coefficient (Wildman–Crippen LogP) is 2.95. The van der Waals surface area contributed by atoms with Gasteiger partial charge in [-0.2, -0.15) is 0 Å². The van der Waals surface area contributed by atoms with Crippen molar-refractivity contribution in [2.75, 3.05) is 7.05 Å². The van der Waals surface area contributed by atoms with Crippen molar-refractivity contribution in [2.24, 2.45) is 4.99 Å². The molecule has 0 saturated heterocycles. The van der Waals surface area contributed by atoms with Gasteiger partial charge in [0.1, 0.15) is 0 Å². The fraction of sp³-hybridized carbons (Fsp3) is 0.400. The Morgan fingerprint density at radius 2 is 1.95 bits per heavy atom. The van der Waals surface area contributed by atoms with Crippen LogP contribution in [-0.2, 0) is 13.1 Å². The summed E-state index contributed by atoms with van der Waals surface area (Å²) in [6.45, 7) is 7.51. The molecule has 0 aliphatic heterocycles. The van der Waals surface area contributed by atoms with Crippen LogP contribution in [0.3, 0.4) is 0 Å². The van der Waals surface area contributed by atoms with Crippen LogP contribution in [0.15, 0.2) is 23.3 Å². The van der Waals surface area contributed by atoms with Gasteiger partial charge in [0.2, 0.25) is 0 Å². The first-order valence-electron chi connectivity index (χ1n) is 6.88. The monoisotopic (exact) mass is 431 g/mol. The SMILES string of the molecule is CN=C(NCc1ncccc1C)NCc1sc(C)nc1C.I. The Labute approximate surface area is 152 Å². The molecule has 0 spiro atoms. The van der Waals surface area contributed by atoms with E-state index in [2.05, 4.69) is 38.6 Å². The molecule has 2 rings (SSSR count). The Kier molecular flexibility index (Phi) is 7.74. The minimum absolute atomic E-state index is 0. The van der Waals surface area contributed by atoms with Crippen molar-refractivity contribution in [3.05, 3.63) is 45.2 Å². The quantitative estimate of drug-likeness (QED) is 0.444. The molecule has 0 atom stereocenters. The molecule has 0 aliphatic rings. The van der Waals surface area contributed by atoms with Crippen molar-refractivity contribution in [1.82, 2.24) is 20.6 Å². The Bertz CT molecular complexity index is 639. The van der Waals surface area contributed by atoms with Gasteiger partial charge in [-0.05, 0) is 32.4 Å². The van der Waals surface area contributed by atoms with Gasteiger partial charge in [-0.25, -0.2) is 4.98 Å². The first-order valence-corrected chi connectivity index (χ1v) is 7.69. The van der Waals surface area contributed by atoms with Crippen molar-refractivity contribution < 1.29 is 0 Å². The van der Waals surface area contributed by atoms with Crippen molar-refractivity contribution in [2.45, 2.75) is 33.9 Å². The molecular weight excluding hydrogens is 409 g/mol. The number of guanidine groups is 1. The summed E-state index contributed by atoms with van der Waals surface area (Å²) in [6, 6.07) is 4.00. The molecular formula is C15H22IN5S. The van der Waals surface area contributed by atoms with Gasteiger partial charge in [0.25, 0.3) is 0 Å². The summed E-state index contributed by atoms with van der Waals surface area (Å²) in [6.07, 6.45) is 1.81. The number of hydrogen-bond acceptors (Lipinski definition) is 4. The Balaban J connectivity index is 0.00000242. The topological polar surface area (TPSA) is 62.2 Å². The maximum Gasteiger partial charge on any atom is 0.191 e. The molecule has 22 heavy (non-hydrogen) atoms. The van der Waals surface area contributed by atoms with Crippen LogP contribution in [-0.4, -0.2) is 23.0 Å². The Morgan fingerprint density at radius 1 is 1.23 bits per heavy atom. The number of nitrogens with zero attached hydrogens (tertiary/aromatic N) is 3. The normalized spacial score (nSPS) is 11.0. The third-order valence-corrected chi connectivity index (χ3v) is 4.25. The highest BCUT2D eigenvalue weighted by Gasteiger charge is 2.06. The summed E-state index contributed by atoms with van der Waals surface area (Å²) in [5.74, 6) is 0.769. The number of hydrogen-bond donors (Lipinski definition) is 2. The van der Waals surface area contributed by atoms with Crippen LogP contribution in [0.5, 0.6) is 0 Å². The minimum Gasteiger partial charge on any atom is -0.351 e. The number of thiazole rings is 1. The van der Waals surface area contributed by atoms with E-state index in [4.69, 9.17) is 0 Å². The summed E-state index contributed by atoms with van der Waals surface area (Å²) in [4.78, 5) is 14.3. The molecule has 0 unspecified atom stereocenters. The van der Waals surface area contributed by atoms with Gasteiger partial charge in [0.05, 0.1) is 29.5 Å². The van der Waals surface area contributed by atoms with Gasteiger partial charge < -0.3 is 10.6 Å². The summed E-state index contributed by atoms with van der Waals surface area (Å²) < 4.78 is 0. The number of halogens is 1. The van der Waals surface area contributed by atoms with Crippen molar-refractivity contribution in [3.8, 4) is 0 Å². The Hall–Kier alpha value is -1.22. The number of aryl methyl sites for hydroxylation is 3. The van der Waals surface area contributed by atoms with Gasteiger partial charge in [0, 0.05) is 18.1 Å². The largest absolute Gasteiger partial charge is 0.351 e. The third kappa shape index (κ3) is 5.20. The lowest BCUT2D eigenvalue weighted by atomic mass is 10.2. The van der Waals surface area contributed by atoms with Crippen LogP contribution >= 0.6 is 35.3 Å². The Morgan fingerprint density at radius 3 is 2.55 bits per heavy atom. The van der Waals surface area contributed by atoms with E-state index in [9.17, 15) is 0 Å².